The number of carbonyl (C=O) groups is 1. The van der Waals surface area contributed by atoms with E-state index in [9.17, 15) is 13.6 Å². The molecule has 1 aromatic carbocycles. The summed E-state index contributed by atoms with van der Waals surface area (Å²) in [6, 6.07) is 8.95. The quantitative estimate of drug-likeness (QED) is 0.430. The molecule has 0 aliphatic carbocycles. The Bertz CT molecular complexity index is 1240. The molecule has 3 heterocycles. The number of halogens is 2. The van der Waals surface area contributed by atoms with Crippen LogP contribution in [0.25, 0.3) is 22.5 Å². The van der Waals surface area contributed by atoms with Gasteiger partial charge in [-0.15, -0.1) is 0 Å². The average molecular weight is 436 g/mol. The lowest BCUT2D eigenvalue weighted by molar-refractivity contribution is 0.0996. The molecule has 0 radical (unpaired) electrons. The molecule has 1 amide bonds. The molecule has 0 aliphatic heterocycles. The first-order valence-corrected chi connectivity index (χ1v) is 10.0. The summed E-state index contributed by atoms with van der Waals surface area (Å²) in [5.74, 6) is -1.61. The first-order valence-electron chi connectivity index (χ1n) is 10.0. The van der Waals surface area contributed by atoms with Crippen LogP contribution in [-0.4, -0.2) is 20.4 Å². The van der Waals surface area contributed by atoms with Gasteiger partial charge in [-0.05, 0) is 41.8 Å². The van der Waals surface area contributed by atoms with Crippen molar-refractivity contribution in [2.24, 2.45) is 5.41 Å². The van der Waals surface area contributed by atoms with Gasteiger partial charge in [0.25, 0.3) is 5.91 Å². The maximum absolute atomic E-state index is 14.9. The molecular formula is C24H22F2N4O2. The van der Waals surface area contributed by atoms with Crippen LogP contribution in [0.5, 0.6) is 0 Å². The first kappa shape index (κ1) is 21.4. The molecule has 0 saturated heterocycles. The maximum atomic E-state index is 14.9. The highest BCUT2D eigenvalue weighted by molar-refractivity contribution is 6.05. The van der Waals surface area contributed by atoms with Gasteiger partial charge in [0.2, 0.25) is 0 Å². The molecular weight excluding hydrogens is 414 g/mol. The van der Waals surface area contributed by atoms with Crippen molar-refractivity contribution in [2.75, 3.05) is 5.32 Å². The highest BCUT2D eigenvalue weighted by Crippen LogP contribution is 2.38. The molecule has 4 rings (SSSR count). The zero-order valence-corrected chi connectivity index (χ0v) is 17.9. The molecule has 0 spiro atoms. The van der Waals surface area contributed by atoms with E-state index in [1.807, 2.05) is 4.57 Å². The van der Waals surface area contributed by atoms with Crippen molar-refractivity contribution in [3.63, 3.8) is 0 Å². The fourth-order valence-corrected chi connectivity index (χ4v) is 3.44. The number of amides is 1. The highest BCUT2D eigenvalue weighted by atomic mass is 19.1. The van der Waals surface area contributed by atoms with E-state index in [-0.39, 0.29) is 22.7 Å². The molecule has 0 aliphatic rings. The molecule has 1 N–H and O–H groups in total. The Morgan fingerprint density at radius 3 is 2.53 bits per heavy atom. The summed E-state index contributed by atoms with van der Waals surface area (Å²) in [4.78, 5) is 21.1. The van der Waals surface area contributed by atoms with Gasteiger partial charge < -0.3 is 14.3 Å². The Hall–Kier alpha value is -3.81. The van der Waals surface area contributed by atoms with Gasteiger partial charge in [-0.25, -0.2) is 13.8 Å². The Morgan fingerprint density at radius 1 is 1.12 bits per heavy atom. The molecule has 6 nitrogen and oxygen atoms in total. The van der Waals surface area contributed by atoms with E-state index >= 15 is 0 Å². The van der Waals surface area contributed by atoms with Crippen LogP contribution < -0.4 is 5.32 Å². The van der Waals surface area contributed by atoms with Gasteiger partial charge in [-0.3, -0.25) is 9.78 Å². The Kier molecular flexibility index (Phi) is 5.61. The van der Waals surface area contributed by atoms with E-state index in [0.717, 1.165) is 6.20 Å². The minimum Gasteiger partial charge on any atom is -0.459 e. The minimum atomic E-state index is -0.698. The topological polar surface area (TPSA) is 73.0 Å². The fraction of sp³-hybridized carbons (Fsp3) is 0.208. The summed E-state index contributed by atoms with van der Waals surface area (Å²) in [5, 5.41) is 2.60. The Balaban J connectivity index is 1.88. The molecule has 8 heteroatoms. The predicted molar refractivity (Wildman–Crippen MR) is 117 cm³/mol. The number of pyridine rings is 1. The van der Waals surface area contributed by atoms with Gasteiger partial charge in [0, 0.05) is 23.9 Å². The van der Waals surface area contributed by atoms with Crippen LogP contribution in [0.1, 0.15) is 31.3 Å². The molecule has 0 atom stereocenters. The Morgan fingerprint density at radius 2 is 1.88 bits per heavy atom. The summed E-state index contributed by atoms with van der Waals surface area (Å²) < 4.78 is 35.4. The molecule has 0 fully saturated rings. The average Bonchev–Trinajstić information content (AvgIpc) is 3.39. The third-order valence-corrected chi connectivity index (χ3v) is 4.74. The third-order valence-electron chi connectivity index (χ3n) is 4.74. The summed E-state index contributed by atoms with van der Waals surface area (Å²) in [5.41, 5.74) is 1.94. The SMILES string of the molecule is CC(C)(C)Cn1cnc(-c2ccc(F)cc2)c1-c1cncc(F)c1NC(=O)c1ccco1. The molecule has 0 bridgehead atoms. The summed E-state index contributed by atoms with van der Waals surface area (Å²) >= 11 is 0. The second kappa shape index (κ2) is 8.37. The van der Waals surface area contributed by atoms with Crippen molar-refractivity contribution in [2.45, 2.75) is 27.3 Å². The van der Waals surface area contributed by atoms with E-state index in [2.05, 4.69) is 36.1 Å². The van der Waals surface area contributed by atoms with Crippen LogP contribution in [0.4, 0.5) is 14.5 Å². The lowest BCUT2D eigenvalue weighted by Crippen LogP contribution is -2.17. The molecule has 0 unspecified atom stereocenters. The molecule has 32 heavy (non-hydrogen) atoms. The van der Waals surface area contributed by atoms with E-state index in [0.29, 0.717) is 29.1 Å². The number of rotatable bonds is 5. The monoisotopic (exact) mass is 436 g/mol. The van der Waals surface area contributed by atoms with Crippen molar-refractivity contribution in [1.29, 1.82) is 0 Å². The zero-order chi connectivity index (χ0) is 22.9. The number of hydrogen-bond acceptors (Lipinski definition) is 4. The van der Waals surface area contributed by atoms with Crippen LogP contribution in [0.15, 0.2) is 65.8 Å². The summed E-state index contributed by atoms with van der Waals surface area (Å²) in [7, 11) is 0. The lowest BCUT2D eigenvalue weighted by atomic mass is 9.96. The molecule has 164 valence electrons. The number of imidazole rings is 1. The number of nitrogens with zero attached hydrogens (tertiary/aromatic N) is 3. The summed E-state index contributed by atoms with van der Waals surface area (Å²) in [6.45, 7) is 6.77. The van der Waals surface area contributed by atoms with Crippen molar-refractivity contribution in [3.8, 4) is 22.5 Å². The number of furan rings is 1. The number of nitrogens with one attached hydrogen (secondary N) is 1. The van der Waals surface area contributed by atoms with Gasteiger partial charge >= 0.3 is 0 Å². The standard InChI is InChI=1S/C24H22F2N4O2/c1-24(2,3)13-30-14-28-20(15-6-8-16(25)9-7-15)22(30)17-11-27-12-18(26)21(17)29-23(31)19-5-4-10-32-19/h4-12,14H,13H2,1-3H3,(H,27,29,31). The van der Waals surface area contributed by atoms with Crippen LogP contribution >= 0.6 is 0 Å². The minimum absolute atomic E-state index is 0.0413. The number of carbonyl (C=O) groups excluding carboxylic acids is 1. The van der Waals surface area contributed by atoms with Gasteiger partial charge in [0.1, 0.15) is 5.82 Å². The third kappa shape index (κ3) is 4.44. The second-order valence-corrected chi connectivity index (χ2v) is 8.61. The maximum Gasteiger partial charge on any atom is 0.291 e. The lowest BCUT2D eigenvalue weighted by Gasteiger charge is -2.22. The first-order chi connectivity index (χ1) is 15.2. The smallest absolute Gasteiger partial charge is 0.291 e. The van der Waals surface area contributed by atoms with E-state index in [1.165, 1.54) is 30.7 Å². The van der Waals surface area contributed by atoms with E-state index in [1.54, 1.807) is 24.5 Å². The van der Waals surface area contributed by atoms with Crippen LogP contribution in [0.2, 0.25) is 0 Å². The number of anilines is 1. The summed E-state index contributed by atoms with van der Waals surface area (Å²) in [6.07, 6.45) is 5.53. The van der Waals surface area contributed by atoms with Crippen LogP contribution in [-0.2, 0) is 6.54 Å². The molecule has 0 saturated carbocycles. The van der Waals surface area contributed by atoms with Crippen LogP contribution in [0.3, 0.4) is 0 Å². The normalized spacial score (nSPS) is 11.5. The van der Waals surface area contributed by atoms with Crippen molar-refractivity contribution in [3.05, 3.63) is 78.8 Å². The van der Waals surface area contributed by atoms with Gasteiger partial charge in [-0.2, -0.15) is 0 Å². The number of aromatic nitrogens is 3. The fourth-order valence-electron chi connectivity index (χ4n) is 3.44. The second-order valence-electron chi connectivity index (χ2n) is 8.61. The number of benzene rings is 1. The highest BCUT2D eigenvalue weighted by Gasteiger charge is 2.24. The van der Waals surface area contributed by atoms with Crippen molar-refractivity contribution < 1.29 is 18.0 Å². The van der Waals surface area contributed by atoms with E-state index < -0.39 is 11.7 Å². The number of hydrogen-bond donors (Lipinski definition) is 1. The van der Waals surface area contributed by atoms with E-state index in [4.69, 9.17) is 4.42 Å². The predicted octanol–water partition coefficient (Wildman–Crippen LogP) is 5.78. The van der Waals surface area contributed by atoms with Crippen LogP contribution in [0, 0.1) is 17.0 Å². The van der Waals surface area contributed by atoms with Gasteiger partial charge in [0.05, 0.1) is 35.9 Å². The van der Waals surface area contributed by atoms with Crippen molar-refractivity contribution >= 4 is 11.6 Å². The molecule has 3 aromatic heterocycles. The van der Waals surface area contributed by atoms with Gasteiger partial charge in [-0.1, -0.05) is 20.8 Å². The Labute approximate surface area is 183 Å². The largest absolute Gasteiger partial charge is 0.459 e. The van der Waals surface area contributed by atoms with Crippen molar-refractivity contribution in [1.82, 2.24) is 14.5 Å². The zero-order valence-electron chi connectivity index (χ0n) is 17.9. The van der Waals surface area contributed by atoms with Gasteiger partial charge in [0.15, 0.2) is 11.6 Å². The molecule has 4 aromatic rings.